The van der Waals surface area contributed by atoms with Gasteiger partial charge in [0.1, 0.15) is 5.54 Å². The van der Waals surface area contributed by atoms with Gasteiger partial charge in [-0.25, -0.2) is 4.99 Å². The summed E-state index contributed by atoms with van der Waals surface area (Å²) < 4.78 is 8.28. The van der Waals surface area contributed by atoms with E-state index in [-0.39, 0.29) is 16.0 Å². The minimum atomic E-state index is -0.655. The molecule has 2 aliphatic rings. The quantitative estimate of drug-likeness (QED) is 0.467. The topological polar surface area (TPSA) is 130 Å². The fraction of sp³-hybridized carbons (Fsp3) is 0.667. The van der Waals surface area contributed by atoms with Crippen molar-refractivity contribution in [2.45, 2.75) is 45.6 Å². The number of aliphatic imine (C=N–C) groups is 1. The summed E-state index contributed by atoms with van der Waals surface area (Å²) in [5.74, 6) is 1.41. The van der Waals surface area contributed by atoms with Gasteiger partial charge in [-0.15, -0.1) is 13.1 Å². The third-order valence-corrected chi connectivity index (χ3v) is 5.14. The number of nitrogens with zero attached hydrogens (tertiary/aromatic N) is 3. The number of amides is 1. The van der Waals surface area contributed by atoms with Gasteiger partial charge in [0, 0.05) is 11.6 Å². The third-order valence-electron chi connectivity index (χ3n) is 4.50. The van der Waals surface area contributed by atoms with E-state index in [0.717, 1.165) is 43.7 Å². The molecule has 0 radical (unpaired) electrons. The summed E-state index contributed by atoms with van der Waals surface area (Å²) in [7, 11) is 0. The van der Waals surface area contributed by atoms with Gasteiger partial charge in [-0.2, -0.15) is 23.5 Å². The molecule has 1 fully saturated rings. The number of nitrogens with two attached hydrogens (primary N) is 1. The van der Waals surface area contributed by atoms with Crippen molar-refractivity contribution in [2.75, 3.05) is 19.6 Å². The van der Waals surface area contributed by atoms with Crippen LogP contribution in [-0.2, 0) is 26.9 Å². The Morgan fingerprint density at radius 1 is 1.43 bits per heavy atom. The van der Waals surface area contributed by atoms with E-state index in [4.69, 9.17) is 19.5 Å². The van der Waals surface area contributed by atoms with Crippen LogP contribution in [0.15, 0.2) is 11.1 Å². The predicted octanol–water partition coefficient (Wildman–Crippen LogP) is 2.57. The number of guanidine groups is 1. The first-order valence-electron chi connectivity index (χ1n) is 9.05. The van der Waals surface area contributed by atoms with Gasteiger partial charge >= 0.3 is 22.1 Å². The SMILES string of the molecule is CC(C)CC1(C)N=C(N)N(CC2CC[N-]CC2)C1=O.Oc1[c-]cc(O)s1.[O]=[Os]. The molecule has 0 aliphatic carbocycles. The molecule has 4 N–H and O–H groups in total. The molecular formula is C18H28N4O4OsS-2. The second kappa shape index (κ2) is 11.6. The van der Waals surface area contributed by atoms with Crippen LogP contribution >= 0.6 is 11.3 Å². The summed E-state index contributed by atoms with van der Waals surface area (Å²) in [5, 5.41) is 21.4. The van der Waals surface area contributed by atoms with Crippen LogP contribution < -0.4 is 5.73 Å². The molecule has 10 heteroatoms. The molecule has 28 heavy (non-hydrogen) atoms. The first-order chi connectivity index (χ1) is 13.2. The summed E-state index contributed by atoms with van der Waals surface area (Å²) in [5.41, 5.74) is 5.31. The van der Waals surface area contributed by atoms with Crippen molar-refractivity contribution in [1.29, 1.82) is 0 Å². The van der Waals surface area contributed by atoms with Crippen molar-refractivity contribution >= 4 is 23.2 Å². The van der Waals surface area contributed by atoms with Crippen molar-refractivity contribution < 1.29 is 37.1 Å². The maximum absolute atomic E-state index is 12.6. The van der Waals surface area contributed by atoms with Gasteiger partial charge in [-0.1, -0.05) is 26.7 Å². The van der Waals surface area contributed by atoms with E-state index in [1.165, 1.54) is 6.07 Å². The van der Waals surface area contributed by atoms with Crippen LogP contribution in [0.5, 0.6) is 10.1 Å². The van der Waals surface area contributed by atoms with Crippen LogP contribution in [0.4, 0.5) is 0 Å². The van der Waals surface area contributed by atoms with Gasteiger partial charge in [0.25, 0.3) is 5.91 Å². The van der Waals surface area contributed by atoms with Gasteiger partial charge in [-0.3, -0.25) is 9.69 Å². The van der Waals surface area contributed by atoms with E-state index in [2.05, 4.69) is 30.2 Å². The van der Waals surface area contributed by atoms with Gasteiger partial charge in [-0.05, 0) is 25.2 Å². The molecule has 0 saturated carbocycles. The first-order valence-corrected chi connectivity index (χ1v) is 10.9. The molecule has 160 valence electrons. The average Bonchev–Trinajstić information content (AvgIpc) is 3.12. The second-order valence-electron chi connectivity index (χ2n) is 7.41. The Bertz CT molecular complexity index is 647. The van der Waals surface area contributed by atoms with Crippen LogP contribution in [-0.4, -0.2) is 52.2 Å². The molecule has 0 spiro atoms. The van der Waals surface area contributed by atoms with Gasteiger partial charge in [0.15, 0.2) is 5.96 Å². The minimum absolute atomic E-state index is 0.0255. The third kappa shape index (κ3) is 7.23. The van der Waals surface area contributed by atoms with Crippen molar-refractivity contribution in [2.24, 2.45) is 22.6 Å². The van der Waals surface area contributed by atoms with Crippen LogP contribution in [0, 0.1) is 17.9 Å². The zero-order valence-corrected chi connectivity index (χ0v) is 19.7. The second-order valence-corrected chi connectivity index (χ2v) is 8.42. The fourth-order valence-electron chi connectivity index (χ4n) is 3.39. The molecule has 1 atom stereocenters. The summed E-state index contributed by atoms with van der Waals surface area (Å²) in [6.07, 6.45) is 2.86. The number of carbonyl (C=O) groups excluding carboxylic acids is 1. The molecule has 1 aromatic heterocycles. The summed E-state index contributed by atoms with van der Waals surface area (Å²) >= 11 is 1.51. The zero-order valence-electron chi connectivity index (χ0n) is 16.4. The standard InChI is InChI=1S/C14H25N4O.C4H3O2S.O.Os/c1-10(2)8-14(3)12(19)18(13(15)17-14)9-11-4-6-16-7-5-11;5-3-1-2-4(6)7-3;;/h10-11H,4-9H2,1-3H3,(H2,15,17);1,5-6H;;/q2*-1;;. The fourth-order valence-corrected chi connectivity index (χ4v) is 3.82. The number of thiophene rings is 1. The van der Waals surface area contributed by atoms with Gasteiger partial charge in [0.2, 0.25) is 0 Å². The van der Waals surface area contributed by atoms with Gasteiger partial charge < -0.3 is 21.3 Å². The molecule has 0 aromatic carbocycles. The molecule has 3 heterocycles. The molecule has 0 bridgehead atoms. The number of hydrogen-bond donors (Lipinski definition) is 3. The number of rotatable bonds is 4. The van der Waals surface area contributed by atoms with Gasteiger partial charge in [0.05, 0.1) is 5.06 Å². The number of hydrogen-bond acceptors (Lipinski definition) is 7. The van der Waals surface area contributed by atoms with Crippen LogP contribution in [0.2, 0.25) is 0 Å². The van der Waals surface area contributed by atoms with Crippen molar-refractivity contribution in [3.05, 3.63) is 17.4 Å². The Kier molecular flexibility index (Phi) is 10.2. The van der Waals surface area contributed by atoms with Crippen LogP contribution in [0.3, 0.4) is 0 Å². The predicted molar refractivity (Wildman–Crippen MR) is 104 cm³/mol. The van der Waals surface area contributed by atoms with Crippen LogP contribution in [0.25, 0.3) is 5.32 Å². The number of aromatic hydroxyl groups is 2. The molecule has 3 rings (SSSR count). The Hall–Kier alpha value is -1.36. The van der Waals surface area contributed by atoms with E-state index in [1.807, 2.05) is 6.92 Å². The summed E-state index contributed by atoms with van der Waals surface area (Å²) in [4.78, 5) is 18.7. The van der Waals surface area contributed by atoms with Crippen molar-refractivity contribution in [1.82, 2.24) is 4.90 Å². The van der Waals surface area contributed by atoms with Crippen molar-refractivity contribution in [3.63, 3.8) is 0 Å². The number of carbonyl (C=O) groups is 1. The molecule has 2 aliphatic heterocycles. The van der Waals surface area contributed by atoms with E-state index in [9.17, 15) is 4.79 Å². The molecule has 1 saturated heterocycles. The average molecular weight is 587 g/mol. The Balaban J connectivity index is 0.000000363. The maximum atomic E-state index is 12.6. The van der Waals surface area contributed by atoms with E-state index < -0.39 is 5.54 Å². The Labute approximate surface area is 180 Å². The molecule has 8 nitrogen and oxygen atoms in total. The normalized spacial score (nSPS) is 22.2. The molecule has 1 aromatic rings. The molecular weight excluding hydrogens is 559 g/mol. The van der Waals surface area contributed by atoms with Crippen LogP contribution in [0.1, 0.15) is 40.0 Å². The zero-order chi connectivity index (χ0) is 21.3. The first kappa shape index (κ1) is 24.7. The molecule has 1 amide bonds. The van der Waals surface area contributed by atoms with Crippen molar-refractivity contribution in [3.8, 4) is 10.1 Å². The molecule has 1 unspecified atom stereocenters. The monoisotopic (exact) mass is 588 g/mol. The van der Waals surface area contributed by atoms with E-state index in [0.29, 0.717) is 42.9 Å². The summed E-state index contributed by atoms with van der Waals surface area (Å²) in [6, 6.07) is 3.71. The van der Waals surface area contributed by atoms with E-state index in [1.54, 1.807) is 4.90 Å². The Morgan fingerprint density at radius 3 is 2.46 bits per heavy atom. The Morgan fingerprint density at radius 2 is 2.04 bits per heavy atom. The number of piperidine rings is 1. The summed E-state index contributed by atoms with van der Waals surface area (Å²) in [6.45, 7) is 8.64. The van der Waals surface area contributed by atoms with E-state index >= 15 is 0 Å².